The SMILES string of the molecule is Cn1nnnc1-c1ccc(CC2(C(=O)N[C@@H](Cc3ccc(NC(=O)c4c(Cl)cccc4Cl)cc3)C(=O)O)CCCC2)cc1. The van der Waals surface area contributed by atoms with E-state index >= 15 is 0 Å². The summed E-state index contributed by atoms with van der Waals surface area (Å²) in [5.41, 5.74) is 2.52. The molecule has 10 nitrogen and oxygen atoms in total. The number of hydrogen-bond acceptors (Lipinski definition) is 6. The van der Waals surface area contributed by atoms with Crippen molar-refractivity contribution in [1.82, 2.24) is 25.5 Å². The van der Waals surface area contributed by atoms with Crippen LogP contribution in [-0.4, -0.2) is 49.1 Å². The monoisotopic (exact) mass is 620 g/mol. The van der Waals surface area contributed by atoms with E-state index in [0.717, 1.165) is 24.0 Å². The number of carboxylic acid groups (broad SMARTS) is 1. The molecule has 1 fully saturated rings. The van der Waals surface area contributed by atoms with Gasteiger partial charge in [-0.05, 0) is 65.1 Å². The Morgan fingerprint density at radius 3 is 2.16 bits per heavy atom. The van der Waals surface area contributed by atoms with Crippen molar-refractivity contribution in [3.63, 3.8) is 0 Å². The number of carbonyl (C=O) groups is 3. The minimum absolute atomic E-state index is 0.0855. The van der Waals surface area contributed by atoms with Crippen molar-refractivity contribution in [2.75, 3.05) is 5.32 Å². The van der Waals surface area contributed by atoms with Gasteiger partial charge < -0.3 is 15.7 Å². The smallest absolute Gasteiger partial charge is 0.326 e. The van der Waals surface area contributed by atoms with E-state index in [0.29, 0.717) is 36.3 Å². The summed E-state index contributed by atoms with van der Waals surface area (Å²) in [6.45, 7) is 0. The van der Waals surface area contributed by atoms with Gasteiger partial charge in [0.25, 0.3) is 5.91 Å². The number of rotatable bonds is 10. The van der Waals surface area contributed by atoms with E-state index in [1.165, 1.54) is 0 Å². The quantitative estimate of drug-likeness (QED) is 0.217. The van der Waals surface area contributed by atoms with Gasteiger partial charge in [0.05, 0.1) is 21.0 Å². The molecule has 0 aliphatic heterocycles. The molecule has 1 saturated carbocycles. The number of hydrogen-bond donors (Lipinski definition) is 3. The van der Waals surface area contributed by atoms with Crippen LogP contribution < -0.4 is 10.6 Å². The van der Waals surface area contributed by atoms with Crippen LogP contribution in [0.2, 0.25) is 10.0 Å². The Hall–Kier alpha value is -4.28. The first kappa shape index (κ1) is 30.2. The number of aryl methyl sites for hydroxylation is 1. The van der Waals surface area contributed by atoms with Gasteiger partial charge in [-0.15, -0.1) is 5.10 Å². The number of carboxylic acids is 1. The predicted octanol–water partition coefficient (Wildman–Crippen LogP) is 5.35. The van der Waals surface area contributed by atoms with Crippen LogP contribution in [-0.2, 0) is 29.5 Å². The van der Waals surface area contributed by atoms with Crippen LogP contribution in [0.3, 0.4) is 0 Å². The summed E-state index contributed by atoms with van der Waals surface area (Å²) in [5, 5.41) is 27.6. The Morgan fingerprint density at radius 2 is 1.58 bits per heavy atom. The maximum Gasteiger partial charge on any atom is 0.326 e. The minimum Gasteiger partial charge on any atom is -0.480 e. The number of carbonyl (C=O) groups excluding carboxylic acids is 2. The standard InChI is InChI=1S/C31H30Cl2N6O4/c1-39-27(36-37-38-39)21-11-7-20(8-12-21)18-31(15-2-3-16-31)30(43)35-25(29(41)42)17-19-9-13-22(14-10-19)34-28(40)26-23(32)5-4-6-24(26)33/h4-14,25H,2-3,15-18H2,1H3,(H,34,40)(H,35,43)(H,41,42)/t25-/m0/s1. The van der Waals surface area contributed by atoms with Crippen molar-refractivity contribution in [2.24, 2.45) is 12.5 Å². The van der Waals surface area contributed by atoms with Crippen LogP contribution in [0.1, 0.15) is 47.2 Å². The lowest BCUT2D eigenvalue weighted by Crippen LogP contribution is -2.49. The second-order valence-corrected chi connectivity index (χ2v) is 11.6. The van der Waals surface area contributed by atoms with Crippen molar-refractivity contribution in [3.05, 3.63) is 93.5 Å². The zero-order valence-electron chi connectivity index (χ0n) is 23.4. The summed E-state index contributed by atoms with van der Waals surface area (Å²) < 4.78 is 1.59. The van der Waals surface area contributed by atoms with Crippen molar-refractivity contribution in [3.8, 4) is 11.4 Å². The van der Waals surface area contributed by atoms with Gasteiger partial charge in [-0.25, -0.2) is 9.48 Å². The maximum atomic E-state index is 13.7. The lowest BCUT2D eigenvalue weighted by molar-refractivity contribution is -0.143. The van der Waals surface area contributed by atoms with Crippen LogP contribution >= 0.6 is 23.2 Å². The zero-order chi connectivity index (χ0) is 30.6. The maximum absolute atomic E-state index is 13.7. The molecule has 0 saturated heterocycles. The Bertz CT molecular complexity index is 1610. The molecule has 12 heteroatoms. The largest absolute Gasteiger partial charge is 0.480 e. The van der Waals surface area contributed by atoms with Crippen LogP contribution in [0.5, 0.6) is 0 Å². The van der Waals surface area contributed by atoms with E-state index in [9.17, 15) is 19.5 Å². The molecule has 1 aliphatic rings. The summed E-state index contributed by atoms with van der Waals surface area (Å²) in [6.07, 6.45) is 3.77. The summed E-state index contributed by atoms with van der Waals surface area (Å²) >= 11 is 12.3. The van der Waals surface area contributed by atoms with Crippen molar-refractivity contribution >= 4 is 46.7 Å². The van der Waals surface area contributed by atoms with Gasteiger partial charge in [-0.2, -0.15) is 0 Å². The van der Waals surface area contributed by atoms with Gasteiger partial charge in [0.15, 0.2) is 5.82 Å². The highest BCUT2D eigenvalue weighted by Gasteiger charge is 2.42. The van der Waals surface area contributed by atoms with E-state index in [2.05, 4.69) is 26.2 Å². The van der Waals surface area contributed by atoms with E-state index in [-0.39, 0.29) is 27.9 Å². The highest BCUT2D eigenvalue weighted by Crippen LogP contribution is 2.41. The minimum atomic E-state index is -1.12. The number of nitrogens with one attached hydrogen (secondary N) is 2. The molecule has 0 bridgehead atoms. The zero-order valence-corrected chi connectivity index (χ0v) is 24.9. The second-order valence-electron chi connectivity index (χ2n) is 10.8. The Balaban J connectivity index is 1.24. The lowest BCUT2D eigenvalue weighted by atomic mass is 9.78. The highest BCUT2D eigenvalue weighted by atomic mass is 35.5. The molecule has 0 spiro atoms. The van der Waals surface area contributed by atoms with Gasteiger partial charge in [0.2, 0.25) is 5.91 Å². The van der Waals surface area contributed by atoms with Crippen LogP contribution in [0.15, 0.2) is 66.7 Å². The molecule has 4 aromatic rings. The van der Waals surface area contributed by atoms with E-state index < -0.39 is 23.3 Å². The highest BCUT2D eigenvalue weighted by molar-refractivity contribution is 6.40. The molecule has 1 aliphatic carbocycles. The molecule has 3 aromatic carbocycles. The molecule has 2 amide bonds. The molecule has 1 aromatic heterocycles. The fourth-order valence-electron chi connectivity index (χ4n) is 5.55. The average molecular weight is 622 g/mol. The Labute approximate surface area is 258 Å². The normalized spacial score (nSPS) is 14.7. The number of aliphatic carboxylic acids is 1. The van der Waals surface area contributed by atoms with E-state index in [1.807, 2.05) is 24.3 Å². The van der Waals surface area contributed by atoms with Crippen LogP contribution in [0, 0.1) is 5.41 Å². The first-order valence-electron chi connectivity index (χ1n) is 13.8. The first-order valence-corrected chi connectivity index (χ1v) is 14.6. The summed E-state index contributed by atoms with van der Waals surface area (Å²) in [4.78, 5) is 38.6. The Kier molecular flexibility index (Phi) is 9.08. The van der Waals surface area contributed by atoms with Gasteiger partial charge >= 0.3 is 5.97 Å². The summed E-state index contributed by atoms with van der Waals surface area (Å²) in [5.74, 6) is -1.18. The molecule has 3 N–H and O–H groups in total. The second kappa shape index (κ2) is 12.9. The lowest BCUT2D eigenvalue weighted by Gasteiger charge is -2.29. The molecular weight excluding hydrogens is 591 g/mol. The van der Waals surface area contributed by atoms with Gasteiger partial charge in [0, 0.05) is 24.7 Å². The van der Waals surface area contributed by atoms with Gasteiger partial charge in [-0.3, -0.25) is 9.59 Å². The Morgan fingerprint density at radius 1 is 0.953 bits per heavy atom. The number of halogens is 2. The fraction of sp³-hybridized carbons (Fsp3) is 0.290. The summed E-state index contributed by atoms with van der Waals surface area (Å²) in [7, 11) is 1.77. The number of amides is 2. The van der Waals surface area contributed by atoms with Crippen LogP contribution in [0.25, 0.3) is 11.4 Å². The molecule has 222 valence electrons. The number of benzene rings is 3. The predicted molar refractivity (Wildman–Crippen MR) is 163 cm³/mol. The number of nitrogens with zero attached hydrogens (tertiary/aromatic N) is 4. The van der Waals surface area contributed by atoms with E-state index in [4.69, 9.17) is 23.2 Å². The third-order valence-corrected chi connectivity index (χ3v) is 8.49. The number of anilines is 1. The van der Waals surface area contributed by atoms with Crippen molar-refractivity contribution < 1.29 is 19.5 Å². The molecule has 1 atom stereocenters. The molecule has 0 unspecified atom stereocenters. The number of tetrazole rings is 1. The molecule has 43 heavy (non-hydrogen) atoms. The van der Waals surface area contributed by atoms with Gasteiger partial charge in [-0.1, -0.05) is 78.5 Å². The third-order valence-electron chi connectivity index (χ3n) is 7.86. The van der Waals surface area contributed by atoms with Crippen LogP contribution in [0.4, 0.5) is 5.69 Å². The molecule has 5 rings (SSSR count). The van der Waals surface area contributed by atoms with E-state index in [1.54, 1.807) is 54.2 Å². The average Bonchev–Trinajstić information content (AvgIpc) is 3.63. The molecule has 1 heterocycles. The fourth-order valence-corrected chi connectivity index (χ4v) is 6.12. The van der Waals surface area contributed by atoms with Crippen molar-refractivity contribution in [1.29, 1.82) is 0 Å². The number of aromatic nitrogens is 4. The first-order chi connectivity index (χ1) is 20.6. The summed E-state index contributed by atoms with van der Waals surface area (Å²) in [6, 6.07) is 18.2. The van der Waals surface area contributed by atoms with Crippen molar-refractivity contribution in [2.45, 2.75) is 44.6 Å². The molecular formula is C31H30Cl2N6O4. The molecule has 0 radical (unpaired) electrons. The topological polar surface area (TPSA) is 139 Å². The van der Waals surface area contributed by atoms with Gasteiger partial charge in [0.1, 0.15) is 6.04 Å². The third kappa shape index (κ3) is 6.87.